The number of carbonyl (C=O) groups is 1. The van der Waals surface area contributed by atoms with Crippen LogP contribution in [0.1, 0.15) is 15.9 Å². The van der Waals surface area contributed by atoms with Gasteiger partial charge in [0.05, 0.1) is 17.3 Å². The van der Waals surface area contributed by atoms with Crippen LogP contribution in [0.2, 0.25) is 0 Å². The minimum absolute atomic E-state index is 0.461. The second-order valence-corrected chi connectivity index (χ2v) is 3.25. The molecule has 16 heavy (non-hydrogen) atoms. The number of pyridine rings is 1. The summed E-state index contributed by atoms with van der Waals surface area (Å²) in [6.45, 7) is 0. The molecule has 0 spiro atoms. The Kier molecular flexibility index (Phi) is 2.75. The fourth-order valence-electron chi connectivity index (χ4n) is 1.47. The van der Waals surface area contributed by atoms with E-state index in [0.29, 0.717) is 11.1 Å². The highest BCUT2D eigenvalue weighted by Crippen LogP contribution is 2.21. The zero-order valence-corrected chi connectivity index (χ0v) is 8.42. The van der Waals surface area contributed by atoms with Gasteiger partial charge in [0.25, 0.3) is 0 Å². The van der Waals surface area contributed by atoms with Crippen LogP contribution in [-0.4, -0.2) is 11.3 Å². The molecule has 0 radical (unpaired) electrons. The molecule has 0 aliphatic rings. The number of nitrogens with zero attached hydrogens (tertiary/aromatic N) is 2. The molecule has 0 aliphatic carbocycles. The molecule has 0 saturated carbocycles. The first kappa shape index (κ1) is 10.1. The molecule has 0 aliphatic heterocycles. The highest BCUT2D eigenvalue weighted by atomic mass is 16.1. The number of hydrogen-bond donors (Lipinski definition) is 0. The van der Waals surface area contributed by atoms with Gasteiger partial charge >= 0.3 is 0 Å². The molecule has 2 rings (SSSR count). The summed E-state index contributed by atoms with van der Waals surface area (Å²) in [6.07, 6.45) is 2.40. The molecule has 3 nitrogen and oxygen atoms in total. The number of benzene rings is 1. The monoisotopic (exact) mass is 208 g/mol. The van der Waals surface area contributed by atoms with Crippen LogP contribution >= 0.6 is 0 Å². The molecule has 0 atom stereocenters. The van der Waals surface area contributed by atoms with Crippen molar-refractivity contribution in [2.45, 2.75) is 0 Å². The molecular weight excluding hydrogens is 200 g/mol. The highest BCUT2D eigenvalue weighted by Gasteiger charge is 2.06. The van der Waals surface area contributed by atoms with Gasteiger partial charge in [-0.05, 0) is 18.2 Å². The van der Waals surface area contributed by atoms with Crippen molar-refractivity contribution in [3.8, 4) is 17.3 Å². The van der Waals surface area contributed by atoms with Crippen molar-refractivity contribution in [3.63, 3.8) is 0 Å². The van der Waals surface area contributed by atoms with Gasteiger partial charge in [-0.3, -0.25) is 9.78 Å². The molecule has 0 amide bonds. The minimum atomic E-state index is 0.461. The minimum Gasteiger partial charge on any atom is -0.298 e. The van der Waals surface area contributed by atoms with Crippen molar-refractivity contribution in [2.75, 3.05) is 0 Å². The molecular formula is C13H8N2O. The largest absolute Gasteiger partial charge is 0.298 e. The van der Waals surface area contributed by atoms with Gasteiger partial charge in [0.15, 0.2) is 0 Å². The van der Waals surface area contributed by atoms with Crippen LogP contribution in [0.4, 0.5) is 0 Å². The van der Waals surface area contributed by atoms with E-state index in [2.05, 4.69) is 11.1 Å². The molecule has 0 unspecified atom stereocenters. The Labute approximate surface area is 93.0 Å². The second-order valence-electron chi connectivity index (χ2n) is 3.25. The van der Waals surface area contributed by atoms with Crippen molar-refractivity contribution < 1.29 is 4.79 Å². The van der Waals surface area contributed by atoms with Crippen molar-refractivity contribution in [3.05, 3.63) is 53.7 Å². The van der Waals surface area contributed by atoms with E-state index in [-0.39, 0.29) is 0 Å². The predicted octanol–water partition coefficient (Wildman–Crippen LogP) is 2.43. The van der Waals surface area contributed by atoms with E-state index in [1.807, 2.05) is 18.2 Å². The topological polar surface area (TPSA) is 53.8 Å². The molecule has 0 saturated heterocycles. The van der Waals surface area contributed by atoms with Crippen LogP contribution in [0.15, 0.2) is 42.6 Å². The molecule has 1 aromatic carbocycles. The third kappa shape index (κ3) is 1.82. The normalized spacial score (nSPS) is 9.44. The standard InChI is InChI=1S/C13H8N2O/c14-8-11-7-10(9-16)4-5-12(11)13-3-1-2-6-15-13/h1-7,9H. The third-order valence-electron chi connectivity index (χ3n) is 2.24. The van der Waals surface area contributed by atoms with Gasteiger partial charge in [-0.2, -0.15) is 5.26 Å². The lowest BCUT2D eigenvalue weighted by molar-refractivity contribution is 0.112. The van der Waals surface area contributed by atoms with E-state index in [4.69, 9.17) is 5.26 Å². The summed E-state index contributed by atoms with van der Waals surface area (Å²) < 4.78 is 0. The average Bonchev–Trinajstić information content (AvgIpc) is 2.39. The SMILES string of the molecule is N#Cc1cc(C=O)ccc1-c1ccccn1. The van der Waals surface area contributed by atoms with Crippen LogP contribution in [0, 0.1) is 11.3 Å². The summed E-state index contributed by atoms with van der Waals surface area (Å²) in [5.74, 6) is 0. The van der Waals surface area contributed by atoms with E-state index < -0.39 is 0 Å². The van der Waals surface area contributed by atoms with E-state index >= 15 is 0 Å². The van der Waals surface area contributed by atoms with Gasteiger partial charge in [0.1, 0.15) is 6.29 Å². The fourth-order valence-corrected chi connectivity index (χ4v) is 1.47. The van der Waals surface area contributed by atoms with Crippen LogP contribution < -0.4 is 0 Å². The Morgan fingerprint density at radius 2 is 2.12 bits per heavy atom. The Morgan fingerprint density at radius 1 is 1.25 bits per heavy atom. The van der Waals surface area contributed by atoms with Crippen molar-refractivity contribution >= 4 is 6.29 Å². The quantitative estimate of drug-likeness (QED) is 0.712. The van der Waals surface area contributed by atoms with Gasteiger partial charge in [-0.1, -0.05) is 18.2 Å². The smallest absolute Gasteiger partial charge is 0.150 e. The predicted molar refractivity (Wildman–Crippen MR) is 59.8 cm³/mol. The molecule has 0 N–H and O–H groups in total. The van der Waals surface area contributed by atoms with Gasteiger partial charge in [-0.25, -0.2) is 0 Å². The maximum Gasteiger partial charge on any atom is 0.150 e. The van der Waals surface area contributed by atoms with Crippen LogP contribution in [-0.2, 0) is 0 Å². The maximum atomic E-state index is 10.6. The molecule has 2 aromatic rings. The van der Waals surface area contributed by atoms with Crippen LogP contribution in [0.5, 0.6) is 0 Å². The first-order chi connectivity index (χ1) is 7.85. The van der Waals surface area contributed by atoms with Gasteiger partial charge in [0, 0.05) is 17.3 Å². The zero-order chi connectivity index (χ0) is 11.4. The average molecular weight is 208 g/mol. The summed E-state index contributed by atoms with van der Waals surface area (Å²) in [7, 11) is 0. The maximum absolute atomic E-state index is 10.6. The number of nitriles is 1. The van der Waals surface area contributed by atoms with Gasteiger partial charge in [-0.15, -0.1) is 0 Å². The number of hydrogen-bond acceptors (Lipinski definition) is 3. The molecule has 76 valence electrons. The Hall–Kier alpha value is -2.47. The lowest BCUT2D eigenvalue weighted by atomic mass is 10.0. The summed E-state index contributed by atoms with van der Waals surface area (Å²) in [5.41, 5.74) is 2.43. The molecule has 3 heteroatoms. The Morgan fingerprint density at radius 3 is 2.75 bits per heavy atom. The first-order valence-electron chi connectivity index (χ1n) is 4.76. The molecule has 0 bridgehead atoms. The van der Waals surface area contributed by atoms with Crippen molar-refractivity contribution in [2.24, 2.45) is 0 Å². The van der Waals surface area contributed by atoms with Gasteiger partial charge in [0.2, 0.25) is 0 Å². The number of carbonyl (C=O) groups excluding carboxylic acids is 1. The molecule has 1 heterocycles. The van der Waals surface area contributed by atoms with E-state index in [1.54, 1.807) is 24.4 Å². The van der Waals surface area contributed by atoms with Crippen molar-refractivity contribution in [1.29, 1.82) is 5.26 Å². The fraction of sp³-hybridized carbons (Fsp3) is 0. The van der Waals surface area contributed by atoms with E-state index in [9.17, 15) is 4.79 Å². The Balaban J connectivity index is 2.59. The lowest BCUT2D eigenvalue weighted by Crippen LogP contribution is -1.89. The number of aromatic nitrogens is 1. The third-order valence-corrected chi connectivity index (χ3v) is 2.24. The van der Waals surface area contributed by atoms with E-state index in [1.165, 1.54) is 0 Å². The number of rotatable bonds is 2. The number of aldehydes is 1. The summed E-state index contributed by atoms with van der Waals surface area (Å²) in [6, 6.07) is 12.6. The molecule has 0 fully saturated rings. The van der Waals surface area contributed by atoms with Gasteiger partial charge < -0.3 is 0 Å². The van der Waals surface area contributed by atoms with Crippen molar-refractivity contribution in [1.82, 2.24) is 4.98 Å². The molecule has 1 aromatic heterocycles. The van der Waals surface area contributed by atoms with Crippen LogP contribution in [0.3, 0.4) is 0 Å². The summed E-state index contributed by atoms with van der Waals surface area (Å²) in [4.78, 5) is 14.8. The summed E-state index contributed by atoms with van der Waals surface area (Å²) in [5, 5.41) is 9.01. The van der Waals surface area contributed by atoms with E-state index in [0.717, 1.165) is 17.5 Å². The lowest BCUT2D eigenvalue weighted by Gasteiger charge is -2.03. The summed E-state index contributed by atoms with van der Waals surface area (Å²) >= 11 is 0. The first-order valence-corrected chi connectivity index (χ1v) is 4.76. The second kappa shape index (κ2) is 4.37. The Bertz CT molecular complexity index is 556. The van der Waals surface area contributed by atoms with Crippen LogP contribution in [0.25, 0.3) is 11.3 Å². The highest BCUT2D eigenvalue weighted by molar-refractivity contribution is 5.79. The zero-order valence-electron chi connectivity index (χ0n) is 8.42.